The molecule has 0 amide bonds. The highest BCUT2D eigenvalue weighted by Gasteiger charge is 2.50. The molecular formula is C19H32O4. The molecule has 0 saturated heterocycles. The SMILES string of the molecule is CCC(C)(C)C(=O)OCC1CC2CC(C(=O)OC(C)(C)C)C1C2. The van der Waals surface area contributed by atoms with E-state index in [1.165, 1.54) is 0 Å². The molecule has 2 rings (SSSR count). The Kier molecular flexibility index (Phi) is 5.12. The van der Waals surface area contributed by atoms with Gasteiger partial charge >= 0.3 is 11.9 Å². The second-order valence-electron chi connectivity index (χ2n) is 8.97. The second-order valence-corrected chi connectivity index (χ2v) is 8.97. The van der Waals surface area contributed by atoms with Crippen molar-refractivity contribution in [2.45, 2.75) is 72.8 Å². The van der Waals surface area contributed by atoms with Gasteiger partial charge in [-0.3, -0.25) is 9.59 Å². The zero-order valence-electron chi connectivity index (χ0n) is 15.5. The topological polar surface area (TPSA) is 52.6 Å². The van der Waals surface area contributed by atoms with Gasteiger partial charge in [-0.1, -0.05) is 6.92 Å². The van der Waals surface area contributed by atoms with Crippen LogP contribution in [0.15, 0.2) is 0 Å². The van der Waals surface area contributed by atoms with E-state index in [2.05, 4.69) is 0 Å². The van der Waals surface area contributed by atoms with Crippen LogP contribution in [-0.4, -0.2) is 24.1 Å². The summed E-state index contributed by atoms with van der Waals surface area (Å²) in [5.74, 6) is 0.984. The Bertz CT molecular complexity index is 460. The Hall–Kier alpha value is -1.06. The molecule has 0 aliphatic heterocycles. The maximum Gasteiger partial charge on any atom is 0.311 e. The minimum absolute atomic E-state index is 0.0177. The number of carbonyl (C=O) groups excluding carboxylic acids is 2. The third kappa shape index (κ3) is 4.27. The van der Waals surface area contributed by atoms with Crippen LogP contribution in [0.5, 0.6) is 0 Å². The van der Waals surface area contributed by atoms with E-state index >= 15 is 0 Å². The zero-order chi connectivity index (χ0) is 17.4. The van der Waals surface area contributed by atoms with Gasteiger partial charge in [-0.2, -0.15) is 0 Å². The summed E-state index contributed by atoms with van der Waals surface area (Å²) in [4.78, 5) is 24.6. The first-order valence-corrected chi connectivity index (χ1v) is 8.93. The Labute approximate surface area is 140 Å². The molecule has 0 aromatic rings. The highest BCUT2D eigenvalue weighted by atomic mass is 16.6. The fourth-order valence-corrected chi connectivity index (χ4v) is 3.86. The molecular weight excluding hydrogens is 292 g/mol. The summed E-state index contributed by atoms with van der Waals surface area (Å²) in [6, 6.07) is 0. The summed E-state index contributed by atoms with van der Waals surface area (Å²) in [6.07, 6.45) is 3.85. The molecule has 4 unspecified atom stereocenters. The molecule has 2 aliphatic rings. The van der Waals surface area contributed by atoms with Crippen LogP contribution < -0.4 is 0 Å². The lowest BCUT2D eigenvalue weighted by Crippen LogP contribution is -2.36. The molecule has 4 heteroatoms. The van der Waals surface area contributed by atoms with Crippen LogP contribution in [0.3, 0.4) is 0 Å². The van der Waals surface area contributed by atoms with E-state index in [-0.39, 0.29) is 17.9 Å². The van der Waals surface area contributed by atoms with Gasteiger partial charge in [0.15, 0.2) is 0 Å². The molecule has 132 valence electrons. The van der Waals surface area contributed by atoms with Crippen molar-refractivity contribution in [1.82, 2.24) is 0 Å². The lowest BCUT2D eigenvalue weighted by atomic mass is 9.81. The minimum Gasteiger partial charge on any atom is -0.465 e. The third-order valence-electron chi connectivity index (χ3n) is 5.53. The number of hydrogen-bond donors (Lipinski definition) is 0. The molecule has 2 saturated carbocycles. The van der Waals surface area contributed by atoms with Crippen LogP contribution in [0.2, 0.25) is 0 Å². The fraction of sp³-hybridized carbons (Fsp3) is 0.895. The average molecular weight is 324 g/mol. The van der Waals surface area contributed by atoms with E-state index in [9.17, 15) is 9.59 Å². The van der Waals surface area contributed by atoms with Gasteiger partial charge in [0.2, 0.25) is 0 Å². The Morgan fingerprint density at radius 1 is 1.04 bits per heavy atom. The van der Waals surface area contributed by atoms with Gasteiger partial charge < -0.3 is 9.47 Å². The molecule has 0 radical (unpaired) electrons. The summed E-state index contributed by atoms with van der Waals surface area (Å²) in [7, 11) is 0. The van der Waals surface area contributed by atoms with Crippen LogP contribution in [0.25, 0.3) is 0 Å². The molecule has 2 aliphatic carbocycles. The maximum atomic E-state index is 12.4. The molecule has 23 heavy (non-hydrogen) atoms. The van der Waals surface area contributed by atoms with Gasteiger partial charge in [0, 0.05) is 0 Å². The predicted octanol–water partition coefficient (Wildman–Crippen LogP) is 3.97. The number of hydrogen-bond acceptors (Lipinski definition) is 4. The number of fused-ring (bicyclic) bond motifs is 2. The fourth-order valence-electron chi connectivity index (χ4n) is 3.86. The van der Waals surface area contributed by atoms with Crippen molar-refractivity contribution in [2.75, 3.05) is 6.61 Å². The van der Waals surface area contributed by atoms with Gasteiger partial charge in [-0.15, -0.1) is 0 Å². The number of carbonyl (C=O) groups is 2. The maximum absolute atomic E-state index is 12.4. The van der Waals surface area contributed by atoms with Crippen molar-refractivity contribution in [1.29, 1.82) is 0 Å². The van der Waals surface area contributed by atoms with E-state index in [0.717, 1.165) is 25.7 Å². The lowest BCUT2D eigenvalue weighted by molar-refractivity contribution is -0.163. The van der Waals surface area contributed by atoms with Gasteiger partial charge in [0.05, 0.1) is 17.9 Å². The largest absolute Gasteiger partial charge is 0.465 e. The third-order valence-corrected chi connectivity index (χ3v) is 5.53. The Morgan fingerprint density at radius 2 is 1.70 bits per heavy atom. The standard InChI is InChI=1S/C19H32O4/c1-7-19(5,6)17(21)22-11-13-8-12-9-14(13)15(10-12)16(20)23-18(2,3)4/h12-15H,7-11H2,1-6H3. The molecule has 4 atom stereocenters. The molecule has 2 fully saturated rings. The summed E-state index contributed by atoms with van der Waals surface area (Å²) < 4.78 is 11.1. The van der Waals surface area contributed by atoms with Gasteiger partial charge in [0.1, 0.15) is 5.60 Å². The number of esters is 2. The van der Waals surface area contributed by atoms with Gasteiger partial charge in [0.25, 0.3) is 0 Å². The Morgan fingerprint density at radius 3 is 2.22 bits per heavy atom. The summed E-state index contributed by atoms with van der Waals surface area (Å²) in [5, 5.41) is 0. The van der Waals surface area contributed by atoms with Crippen LogP contribution in [0.4, 0.5) is 0 Å². The number of rotatable bonds is 5. The first-order valence-electron chi connectivity index (χ1n) is 8.93. The highest BCUT2D eigenvalue weighted by Crippen LogP contribution is 2.52. The predicted molar refractivity (Wildman–Crippen MR) is 88.7 cm³/mol. The lowest BCUT2D eigenvalue weighted by Gasteiger charge is -2.31. The van der Waals surface area contributed by atoms with E-state index in [1.807, 2.05) is 41.5 Å². The number of ether oxygens (including phenoxy) is 2. The zero-order valence-corrected chi connectivity index (χ0v) is 15.5. The molecule has 2 bridgehead atoms. The van der Waals surface area contributed by atoms with Crippen molar-refractivity contribution in [3.63, 3.8) is 0 Å². The van der Waals surface area contributed by atoms with Gasteiger partial charge in [-0.25, -0.2) is 0 Å². The highest BCUT2D eigenvalue weighted by molar-refractivity contribution is 5.76. The van der Waals surface area contributed by atoms with Crippen LogP contribution in [0, 0.1) is 29.1 Å². The van der Waals surface area contributed by atoms with Crippen LogP contribution in [-0.2, 0) is 19.1 Å². The van der Waals surface area contributed by atoms with E-state index in [1.54, 1.807) is 0 Å². The molecule has 0 aromatic heterocycles. The first-order chi connectivity index (χ1) is 10.5. The quantitative estimate of drug-likeness (QED) is 0.718. The molecule has 4 nitrogen and oxygen atoms in total. The summed E-state index contributed by atoms with van der Waals surface area (Å²) in [5.41, 5.74) is -0.867. The smallest absolute Gasteiger partial charge is 0.311 e. The van der Waals surface area contributed by atoms with Gasteiger partial charge in [-0.05, 0) is 78.1 Å². The van der Waals surface area contributed by atoms with Crippen molar-refractivity contribution < 1.29 is 19.1 Å². The molecule has 0 aromatic carbocycles. The van der Waals surface area contributed by atoms with Crippen LogP contribution in [0.1, 0.15) is 67.2 Å². The average Bonchev–Trinajstić information content (AvgIpc) is 3.02. The van der Waals surface area contributed by atoms with Crippen molar-refractivity contribution >= 4 is 11.9 Å². The molecule has 0 spiro atoms. The first kappa shape index (κ1) is 18.3. The van der Waals surface area contributed by atoms with E-state index < -0.39 is 11.0 Å². The second kappa shape index (κ2) is 6.45. The summed E-state index contributed by atoms with van der Waals surface area (Å²) >= 11 is 0. The van der Waals surface area contributed by atoms with E-state index in [0.29, 0.717) is 24.4 Å². The van der Waals surface area contributed by atoms with Crippen LogP contribution >= 0.6 is 0 Å². The van der Waals surface area contributed by atoms with Crippen molar-refractivity contribution in [3.05, 3.63) is 0 Å². The monoisotopic (exact) mass is 324 g/mol. The Balaban J connectivity index is 1.91. The molecule has 0 heterocycles. The van der Waals surface area contributed by atoms with E-state index in [4.69, 9.17) is 9.47 Å². The van der Waals surface area contributed by atoms with Crippen molar-refractivity contribution in [3.8, 4) is 0 Å². The molecule has 0 N–H and O–H groups in total. The van der Waals surface area contributed by atoms with Crippen molar-refractivity contribution in [2.24, 2.45) is 29.1 Å². The summed E-state index contributed by atoms with van der Waals surface area (Å²) in [6.45, 7) is 12.0. The minimum atomic E-state index is -0.438. The normalized spacial score (nSPS) is 30.3.